The number of ether oxygens (including phenoxy) is 2. The van der Waals surface area contributed by atoms with E-state index in [9.17, 15) is 4.79 Å². The highest BCUT2D eigenvalue weighted by Crippen LogP contribution is 2.26. The number of nitrogens with zero attached hydrogens (tertiary/aromatic N) is 2. The normalized spacial score (nSPS) is 10.2. The van der Waals surface area contributed by atoms with E-state index in [-0.39, 0.29) is 11.7 Å². The number of hydrogen-bond donors (Lipinski definition) is 1. The highest BCUT2D eigenvalue weighted by atomic mass is 16.5. The van der Waals surface area contributed by atoms with Gasteiger partial charge in [0.1, 0.15) is 5.75 Å². The molecule has 0 bridgehead atoms. The molecule has 2 rings (SSSR count). The van der Waals surface area contributed by atoms with E-state index in [4.69, 9.17) is 14.6 Å². The number of rotatable bonds is 3. The van der Waals surface area contributed by atoms with E-state index in [1.54, 1.807) is 25.3 Å². The molecule has 0 saturated heterocycles. The molecule has 0 amide bonds. The Hall–Kier alpha value is -2.37. The molecule has 0 saturated carbocycles. The molecule has 0 radical (unpaired) electrons. The number of aromatic nitrogens is 2. The third-order valence-electron chi connectivity index (χ3n) is 2.25. The molecule has 1 N–H and O–H groups in total. The first-order chi connectivity index (χ1) is 8.15. The van der Waals surface area contributed by atoms with Gasteiger partial charge in [-0.3, -0.25) is 0 Å². The lowest BCUT2D eigenvalue weighted by molar-refractivity contribution is 0.0683. The zero-order valence-electron chi connectivity index (χ0n) is 9.30. The maximum Gasteiger partial charge on any atom is 0.374 e. The Morgan fingerprint density at radius 1 is 1.24 bits per heavy atom. The Bertz CT molecular complexity index is 583. The van der Waals surface area contributed by atoms with Crippen molar-refractivity contribution in [2.24, 2.45) is 0 Å². The average Bonchev–Trinajstić information content (AvgIpc) is 2.36. The first-order valence-electron chi connectivity index (χ1n) is 4.78. The van der Waals surface area contributed by atoms with Gasteiger partial charge in [0.15, 0.2) is 0 Å². The second-order valence-electron chi connectivity index (χ2n) is 3.24. The van der Waals surface area contributed by atoms with Crippen LogP contribution >= 0.6 is 0 Å². The number of carboxylic acid groups (broad SMARTS) is 1. The maximum absolute atomic E-state index is 10.8. The quantitative estimate of drug-likeness (QED) is 0.863. The van der Waals surface area contributed by atoms with E-state index < -0.39 is 5.97 Å². The maximum atomic E-state index is 10.8. The van der Waals surface area contributed by atoms with E-state index in [1.807, 2.05) is 0 Å². The molecule has 0 aliphatic carbocycles. The number of fused-ring (bicyclic) bond motifs is 1. The number of hydrogen-bond acceptors (Lipinski definition) is 5. The number of benzene rings is 1. The van der Waals surface area contributed by atoms with Crippen LogP contribution in [0.3, 0.4) is 0 Å². The van der Waals surface area contributed by atoms with Crippen LogP contribution in [0.15, 0.2) is 18.2 Å². The monoisotopic (exact) mass is 234 g/mol. The van der Waals surface area contributed by atoms with Crippen LogP contribution in [0.2, 0.25) is 0 Å². The lowest BCUT2D eigenvalue weighted by Crippen LogP contribution is -2.06. The molecule has 0 fully saturated rings. The van der Waals surface area contributed by atoms with Gasteiger partial charge in [0, 0.05) is 0 Å². The molecule has 0 spiro atoms. The molecule has 0 aliphatic heterocycles. The molecule has 2 aromatic rings. The topological polar surface area (TPSA) is 81.5 Å². The number of methoxy groups -OCH3 is 2. The van der Waals surface area contributed by atoms with Gasteiger partial charge in [0.25, 0.3) is 0 Å². The second kappa shape index (κ2) is 4.25. The van der Waals surface area contributed by atoms with Crippen LogP contribution in [0.5, 0.6) is 11.6 Å². The van der Waals surface area contributed by atoms with E-state index in [2.05, 4.69) is 9.97 Å². The van der Waals surface area contributed by atoms with Crippen molar-refractivity contribution in [2.45, 2.75) is 0 Å². The first-order valence-corrected chi connectivity index (χ1v) is 4.78. The summed E-state index contributed by atoms with van der Waals surface area (Å²) in [7, 11) is 2.97. The smallest absolute Gasteiger partial charge is 0.374 e. The summed E-state index contributed by atoms with van der Waals surface area (Å²) in [5.41, 5.74) is 0.495. The Kier molecular flexibility index (Phi) is 2.78. The third-order valence-corrected chi connectivity index (χ3v) is 2.25. The van der Waals surface area contributed by atoms with Crippen molar-refractivity contribution in [2.75, 3.05) is 14.2 Å². The van der Waals surface area contributed by atoms with Crippen molar-refractivity contribution < 1.29 is 19.4 Å². The summed E-state index contributed by atoms with van der Waals surface area (Å²) in [5, 5.41) is 9.47. The molecule has 6 nitrogen and oxygen atoms in total. The van der Waals surface area contributed by atoms with Crippen molar-refractivity contribution in [3.05, 3.63) is 24.0 Å². The van der Waals surface area contributed by atoms with E-state index in [0.717, 1.165) is 0 Å². The predicted molar refractivity (Wildman–Crippen MR) is 59.6 cm³/mol. The zero-order chi connectivity index (χ0) is 12.4. The van der Waals surface area contributed by atoms with Gasteiger partial charge in [-0.15, -0.1) is 0 Å². The van der Waals surface area contributed by atoms with Gasteiger partial charge in [0.05, 0.1) is 25.1 Å². The van der Waals surface area contributed by atoms with Gasteiger partial charge in [0.2, 0.25) is 11.7 Å². The van der Waals surface area contributed by atoms with E-state index in [0.29, 0.717) is 16.7 Å². The van der Waals surface area contributed by atoms with Crippen LogP contribution in [-0.4, -0.2) is 35.3 Å². The van der Waals surface area contributed by atoms with Gasteiger partial charge in [-0.2, -0.15) is 4.98 Å². The van der Waals surface area contributed by atoms with Crippen molar-refractivity contribution in [1.82, 2.24) is 9.97 Å². The van der Waals surface area contributed by atoms with Crippen molar-refractivity contribution in [3.63, 3.8) is 0 Å². The Morgan fingerprint density at radius 2 is 2.00 bits per heavy atom. The summed E-state index contributed by atoms with van der Waals surface area (Å²) < 4.78 is 10.1. The first kappa shape index (κ1) is 11.1. The third kappa shape index (κ3) is 1.96. The van der Waals surface area contributed by atoms with E-state index in [1.165, 1.54) is 7.11 Å². The summed E-state index contributed by atoms with van der Waals surface area (Å²) in [6, 6.07) is 5.05. The minimum atomic E-state index is -1.19. The molecule has 6 heteroatoms. The summed E-state index contributed by atoms with van der Waals surface area (Å²) in [6.07, 6.45) is 0. The number of carboxylic acids is 1. The van der Waals surface area contributed by atoms with Gasteiger partial charge in [-0.1, -0.05) is 0 Å². The Morgan fingerprint density at radius 3 is 2.59 bits per heavy atom. The van der Waals surface area contributed by atoms with Crippen LogP contribution in [0.25, 0.3) is 10.9 Å². The lowest BCUT2D eigenvalue weighted by Gasteiger charge is -2.06. The molecule has 0 unspecified atom stereocenters. The fourth-order valence-electron chi connectivity index (χ4n) is 1.46. The van der Waals surface area contributed by atoms with Crippen molar-refractivity contribution in [3.8, 4) is 11.6 Å². The zero-order valence-corrected chi connectivity index (χ0v) is 9.30. The fraction of sp³-hybridized carbons (Fsp3) is 0.182. The lowest BCUT2D eigenvalue weighted by atomic mass is 10.2. The highest BCUT2D eigenvalue weighted by molar-refractivity contribution is 5.90. The van der Waals surface area contributed by atoms with Gasteiger partial charge < -0.3 is 14.6 Å². The molecule has 1 aromatic heterocycles. The van der Waals surface area contributed by atoms with Gasteiger partial charge in [-0.05, 0) is 18.2 Å². The Balaban J connectivity index is 2.72. The predicted octanol–water partition coefficient (Wildman–Crippen LogP) is 1.35. The summed E-state index contributed by atoms with van der Waals surface area (Å²) in [5.74, 6) is -0.644. The minimum Gasteiger partial charge on any atom is -0.497 e. The molecule has 0 atom stereocenters. The van der Waals surface area contributed by atoms with Crippen LogP contribution in [0, 0.1) is 0 Å². The van der Waals surface area contributed by atoms with E-state index >= 15 is 0 Å². The SMILES string of the molecule is COc1ccc2nc(C(=O)O)nc(OC)c2c1. The molecule has 88 valence electrons. The highest BCUT2D eigenvalue weighted by Gasteiger charge is 2.13. The Labute approximate surface area is 96.8 Å². The molecule has 0 aliphatic rings. The van der Waals surface area contributed by atoms with Gasteiger partial charge in [-0.25, -0.2) is 9.78 Å². The van der Waals surface area contributed by atoms with Crippen LogP contribution in [0.4, 0.5) is 0 Å². The molecular weight excluding hydrogens is 224 g/mol. The van der Waals surface area contributed by atoms with Crippen molar-refractivity contribution >= 4 is 16.9 Å². The number of aromatic carboxylic acids is 1. The number of carbonyl (C=O) groups is 1. The summed E-state index contributed by atoms with van der Waals surface area (Å²) >= 11 is 0. The van der Waals surface area contributed by atoms with Crippen LogP contribution < -0.4 is 9.47 Å². The van der Waals surface area contributed by atoms with Crippen molar-refractivity contribution in [1.29, 1.82) is 0 Å². The largest absolute Gasteiger partial charge is 0.497 e. The fourth-order valence-corrected chi connectivity index (χ4v) is 1.46. The standard InChI is InChI=1S/C11H10N2O4/c1-16-6-3-4-8-7(5-6)10(17-2)13-9(12-8)11(14)15/h3-5H,1-2H3,(H,14,15). The summed E-state index contributed by atoms with van der Waals surface area (Å²) in [6.45, 7) is 0. The van der Waals surface area contributed by atoms with Gasteiger partial charge >= 0.3 is 5.97 Å². The second-order valence-corrected chi connectivity index (χ2v) is 3.24. The average molecular weight is 234 g/mol. The summed E-state index contributed by atoms with van der Waals surface area (Å²) in [4.78, 5) is 18.5. The molecule has 17 heavy (non-hydrogen) atoms. The molecular formula is C11H10N2O4. The molecule has 1 aromatic carbocycles. The molecule has 1 heterocycles. The van der Waals surface area contributed by atoms with Crippen LogP contribution in [0.1, 0.15) is 10.6 Å². The minimum absolute atomic E-state index is 0.214. The van der Waals surface area contributed by atoms with Crippen LogP contribution in [-0.2, 0) is 0 Å².